The molecular formula is C35H46N6O9. The first kappa shape index (κ1) is 36.3. The Kier molecular flexibility index (Phi) is 12.4. The number of likely N-dealkylation sites (tertiary alicyclic amines) is 1. The summed E-state index contributed by atoms with van der Waals surface area (Å²) in [4.78, 5) is 86.1. The van der Waals surface area contributed by atoms with E-state index in [9.17, 15) is 33.9 Å². The fraction of sp³-hybridized carbons (Fsp3) is 0.571. The van der Waals surface area contributed by atoms with Gasteiger partial charge >= 0.3 is 12.1 Å². The van der Waals surface area contributed by atoms with Gasteiger partial charge in [0.15, 0.2) is 6.61 Å². The lowest BCUT2D eigenvalue weighted by atomic mass is 9.93. The maximum Gasteiger partial charge on any atom is 0.409 e. The highest BCUT2D eigenvalue weighted by Crippen LogP contribution is 2.27. The number of aliphatic carboxylic acids is 1. The summed E-state index contributed by atoms with van der Waals surface area (Å²) in [5, 5.41) is 15.6. The Morgan fingerprint density at radius 3 is 2.42 bits per heavy atom. The minimum Gasteiger partial charge on any atom is -0.483 e. The van der Waals surface area contributed by atoms with Crippen molar-refractivity contribution in [2.45, 2.75) is 82.8 Å². The van der Waals surface area contributed by atoms with Crippen molar-refractivity contribution in [3.8, 4) is 5.75 Å². The molecule has 2 aliphatic heterocycles. The summed E-state index contributed by atoms with van der Waals surface area (Å²) in [6.07, 6.45) is 4.95. The molecule has 3 heterocycles. The molecule has 0 unspecified atom stereocenters. The summed E-state index contributed by atoms with van der Waals surface area (Å²) in [7, 11) is 0. The first-order valence-corrected chi connectivity index (χ1v) is 17.5. The highest BCUT2D eigenvalue weighted by molar-refractivity contribution is 5.99. The van der Waals surface area contributed by atoms with Crippen LogP contribution in [0.15, 0.2) is 30.3 Å². The molecule has 15 heteroatoms. The molecule has 1 saturated carbocycles. The Balaban J connectivity index is 1.25. The Labute approximate surface area is 290 Å². The maximum atomic E-state index is 13.6. The van der Waals surface area contributed by atoms with Crippen LogP contribution in [0.4, 0.5) is 4.79 Å². The number of aromatic nitrogens is 1. The molecule has 1 aliphatic carbocycles. The molecule has 15 nitrogen and oxygen atoms in total. The van der Waals surface area contributed by atoms with Gasteiger partial charge in [-0.25, -0.2) is 9.78 Å². The van der Waals surface area contributed by atoms with Crippen molar-refractivity contribution in [2.75, 3.05) is 45.9 Å². The largest absolute Gasteiger partial charge is 0.483 e. The van der Waals surface area contributed by atoms with Gasteiger partial charge in [0.1, 0.15) is 23.5 Å². The van der Waals surface area contributed by atoms with Crippen LogP contribution in [0, 0.1) is 0 Å². The van der Waals surface area contributed by atoms with Crippen molar-refractivity contribution in [2.24, 2.45) is 0 Å². The predicted octanol–water partition coefficient (Wildman–Crippen LogP) is 2.32. The van der Waals surface area contributed by atoms with Gasteiger partial charge in [-0.1, -0.05) is 25.5 Å². The predicted molar refractivity (Wildman–Crippen MR) is 180 cm³/mol. The molecule has 2 aromatic rings. The highest BCUT2D eigenvalue weighted by Gasteiger charge is 2.36. The summed E-state index contributed by atoms with van der Waals surface area (Å²) in [6, 6.07) is 6.76. The van der Waals surface area contributed by atoms with E-state index in [1.807, 2.05) is 6.92 Å². The number of amides is 5. The number of para-hydroxylation sites is 1. The van der Waals surface area contributed by atoms with Crippen LogP contribution in [0.3, 0.4) is 0 Å². The van der Waals surface area contributed by atoms with Gasteiger partial charge in [0.05, 0.1) is 12.1 Å². The number of fused-ring (bicyclic) bond motifs is 1. The average molecular weight is 695 g/mol. The van der Waals surface area contributed by atoms with Gasteiger partial charge in [-0.05, 0) is 57.1 Å². The topological polar surface area (TPSA) is 188 Å². The maximum absolute atomic E-state index is 13.6. The zero-order valence-electron chi connectivity index (χ0n) is 28.4. The third-order valence-electron chi connectivity index (χ3n) is 9.41. The first-order chi connectivity index (χ1) is 24.1. The number of carbonyl (C=O) groups is 6. The van der Waals surface area contributed by atoms with E-state index in [4.69, 9.17) is 9.47 Å². The van der Waals surface area contributed by atoms with Crippen molar-refractivity contribution in [3.05, 3.63) is 36.0 Å². The van der Waals surface area contributed by atoms with Crippen LogP contribution in [0.1, 0.15) is 75.2 Å². The van der Waals surface area contributed by atoms with Gasteiger partial charge in [0, 0.05) is 56.6 Å². The lowest BCUT2D eigenvalue weighted by Crippen LogP contribution is -2.56. The minimum absolute atomic E-state index is 0.0853. The number of rotatable bonds is 14. The summed E-state index contributed by atoms with van der Waals surface area (Å²) >= 11 is 0. The van der Waals surface area contributed by atoms with Gasteiger partial charge in [-0.15, -0.1) is 0 Å². The van der Waals surface area contributed by atoms with E-state index in [-0.39, 0.29) is 74.9 Å². The monoisotopic (exact) mass is 694 g/mol. The van der Waals surface area contributed by atoms with Crippen LogP contribution < -0.4 is 15.4 Å². The van der Waals surface area contributed by atoms with E-state index in [2.05, 4.69) is 15.6 Å². The average Bonchev–Trinajstić information content (AvgIpc) is 3.60. The fourth-order valence-corrected chi connectivity index (χ4v) is 6.27. The second kappa shape index (κ2) is 17.1. The Morgan fingerprint density at radius 2 is 1.72 bits per heavy atom. The van der Waals surface area contributed by atoms with Gasteiger partial charge in [0.2, 0.25) is 11.8 Å². The SMILES string of the molecule is CCCCOC(=O)N1CCN(C(=O)[C@H](CCC(=O)O)NC(=O)c2cc(OCC(=O)N3CCC[C@H]3C(=O)NC3CCC3)c3ccccc3n2)CC1. The Hall–Kier alpha value is -4.95. The van der Waals surface area contributed by atoms with Crippen molar-refractivity contribution >= 4 is 46.6 Å². The Bertz CT molecular complexity index is 1570. The number of unbranched alkanes of at least 4 members (excludes halogenated alkanes) is 1. The third-order valence-corrected chi connectivity index (χ3v) is 9.41. The third kappa shape index (κ3) is 9.18. The summed E-state index contributed by atoms with van der Waals surface area (Å²) in [5.41, 5.74) is 0.328. The summed E-state index contributed by atoms with van der Waals surface area (Å²) in [6.45, 7) is 3.27. The molecule has 270 valence electrons. The highest BCUT2D eigenvalue weighted by atomic mass is 16.6. The van der Waals surface area contributed by atoms with Crippen molar-refractivity contribution in [3.63, 3.8) is 0 Å². The van der Waals surface area contributed by atoms with Crippen molar-refractivity contribution in [1.29, 1.82) is 0 Å². The van der Waals surface area contributed by atoms with E-state index in [1.165, 1.54) is 15.9 Å². The number of ether oxygens (including phenoxy) is 2. The molecular weight excluding hydrogens is 648 g/mol. The van der Waals surface area contributed by atoms with E-state index < -0.39 is 36.0 Å². The zero-order chi connectivity index (χ0) is 35.6. The van der Waals surface area contributed by atoms with E-state index in [1.54, 1.807) is 29.2 Å². The molecule has 5 rings (SSSR count). The minimum atomic E-state index is -1.17. The molecule has 3 N–H and O–H groups in total. The molecule has 0 radical (unpaired) electrons. The molecule has 3 aliphatic rings. The van der Waals surface area contributed by atoms with Crippen LogP contribution >= 0.6 is 0 Å². The van der Waals surface area contributed by atoms with Gasteiger partial charge in [0.25, 0.3) is 11.8 Å². The lowest BCUT2D eigenvalue weighted by molar-refractivity contribution is -0.140. The molecule has 0 bridgehead atoms. The summed E-state index contributed by atoms with van der Waals surface area (Å²) in [5.74, 6) is -2.59. The van der Waals surface area contributed by atoms with Gasteiger partial charge < -0.3 is 39.9 Å². The molecule has 1 aromatic heterocycles. The zero-order valence-corrected chi connectivity index (χ0v) is 28.4. The van der Waals surface area contributed by atoms with Crippen LogP contribution in [0.2, 0.25) is 0 Å². The quantitative estimate of drug-likeness (QED) is 0.248. The molecule has 0 spiro atoms. The number of piperazine rings is 1. The molecule has 1 aromatic carbocycles. The lowest BCUT2D eigenvalue weighted by Gasteiger charge is -2.36. The summed E-state index contributed by atoms with van der Waals surface area (Å²) < 4.78 is 11.2. The van der Waals surface area contributed by atoms with E-state index in [0.29, 0.717) is 36.9 Å². The van der Waals surface area contributed by atoms with E-state index in [0.717, 1.165) is 32.1 Å². The molecule has 3 fully saturated rings. The van der Waals surface area contributed by atoms with Crippen LogP contribution in [0.5, 0.6) is 5.75 Å². The normalized spacial score (nSPS) is 18.3. The number of carboxylic acid groups (broad SMARTS) is 1. The molecule has 5 amide bonds. The number of carboxylic acids is 1. The smallest absolute Gasteiger partial charge is 0.409 e. The van der Waals surface area contributed by atoms with Crippen LogP contribution in [-0.2, 0) is 23.9 Å². The number of pyridine rings is 1. The van der Waals surface area contributed by atoms with Crippen molar-refractivity contribution in [1.82, 2.24) is 30.3 Å². The molecule has 2 saturated heterocycles. The van der Waals surface area contributed by atoms with Gasteiger partial charge in [-0.3, -0.25) is 24.0 Å². The fourth-order valence-electron chi connectivity index (χ4n) is 6.27. The van der Waals surface area contributed by atoms with Gasteiger partial charge in [-0.2, -0.15) is 0 Å². The number of nitrogens with one attached hydrogen (secondary N) is 2. The first-order valence-electron chi connectivity index (χ1n) is 17.5. The molecule has 2 atom stereocenters. The number of hydrogen-bond donors (Lipinski definition) is 3. The van der Waals surface area contributed by atoms with Crippen molar-refractivity contribution < 1.29 is 43.3 Å². The second-order valence-electron chi connectivity index (χ2n) is 12.9. The van der Waals surface area contributed by atoms with E-state index >= 15 is 0 Å². The number of carbonyl (C=O) groups excluding carboxylic acids is 5. The standard InChI is InChI=1S/C35H46N6O9/c1-2-3-20-49-35(48)40-18-16-39(17-19-40)34(47)26(13-14-31(43)44)38-32(45)27-21-29(24-10-4-5-11-25(24)37-27)50-22-30(42)41-15-7-12-28(41)33(46)36-23-8-6-9-23/h4-5,10-11,21,23,26,28H,2-3,6-9,12-20,22H2,1H3,(H,36,46)(H,38,45)(H,43,44)/t26-,28-/m0/s1. The Morgan fingerprint density at radius 1 is 0.980 bits per heavy atom. The molecule has 50 heavy (non-hydrogen) atoms. The second-order valence-corrected chi connectivity index (χ2v) is 12.9. The number of benzene rings is 1. The number of hydrogen-bond acceptors (Lipinski definition) is 9. The van der Waals surface area contributed by atoms with Crippen LogP contribution in [0.25, 0.3) is 10.9 Å². The van der Waals surface area contributed by atoms with Crippen LogP contribution in [-0.4, -0.2) is 125 Å². The number of nitrogens with zero attached hydrogens (tertiary/aromatic N) is 4.